The molecule has 1 rings (SSSR count). The van der Waals surface area contributed by atoms with E-state index >= 15 is 0 Å². The minimum atomic E-state index is 0.125. The number of benzene rings is 1. The van der Waals surface area contributed by atoms with Gasteiger partial charge in [0.15, 0.2) is 0 Å². The van der Waals surface area contributed by atoms with Crippen molar-refractivity contribution in [2.75, 3.05) is 11.9 Å². The quantitative estimate of drug-likeness (QED) is 0.819. The lowest BCUT2D eigenvalue weighted by Crippen LogP contribution is -2.30. The number of anilines is 1. The Kier molecular flexibility index (Phi) is 4.36. The lowest BCUT2D eigenvalue weighted by molar-refractivity contribution is 0.249. The monoisotopic (exact) mass is 221 g/mol. The van der Waals surface area contributed by atoms with Crippen LogP contribution in [0.25, 0.3) is 0 Å². The van der Waals surface area contributed by atoms with Gasteiger partial charge >= 0.3 is 0 Å². The number of aryl methyl sites for hydroxylation is 3. The molecule has 0 radical (unpaired) electrons. The molecule has 0 aromatic heterocycles. The average molecular weight is 221 g/mol. The molecule has 0 aliphatic carbocycles. The second-order valence-electron chi connectivity index (χ2n) is 4.95. The Labute approximate surface area is 98.7 Å². The van der Waals surface area contributed by atoms with Crippen LogP contribution >= 0.6 is 0 Å². The highest BCUT2D eigenvalue weighted by Gasteiger charge is 2.14. The van der Waals surface area contributed by atoms with Crippen molar-refractivity contribution in [3.8, 4) is 0 Å². The molecule has 0 aliphatic heterocycles. The predicted octanol–water partition coefficient (Wildman–Crippen LogP) is 3.04. The first kappa shape index (κ1) is 13.0. The van der Waals surface area contributed by atoms with Crippen LogP contribution in [0.1, 0.15) is 30.5 Å². The van der Waals surface area contributed by atoms with Crippen LogP contribution in [-0.2, 0) is 0 Å². The molecule has 1 aromatic rings. The predicted molar refractivity (Wildman–Crippen MR) is 70.0 cm³/mol. The highest BCUT2D eigenvalue weighted by Crippen LogP contribution is 2.23. The van der Waals surface area contributed by atoms with Crippen LogP contribution in [0.3, 0.4) is 0 Å². The van der Waals surface area contributed by atoms with E-state index in [2.05, 4.69) is 52.1 Å². The Bertz CT molecular complexity index is 335. The van der Waals surface area contributed by atoms with Crippen molar-refractivity contribution < 1.29 is 5.11 Å². The molecule has 2 nitrogen and oxygen atoms in total. The summed E-state index contributed by atoms with van der Waals surface area (Å²) >= 11 is 0. The van der Waals surface area contributed by atoms with E-state index in [1.807, 2.05) is 0 Å². The SMILES string of the molecule is Cc1cc(C)c(NC(CO)C(C)C)c(C)c1. The van der Waals surface area contributed by atoms with E-state index in [-0.39, 0.29) is 12.6 Å². The summed E-state index contributed by atoms with van der Waals surface area (Å²) in [4.78, 5) is 0. The molecule has 0 saturated carbocycles. The van der Waals surface area contributed by atoms with Gasteiger partial charge in [0.25, 0.3) is 0 Å². The Balaban J connectivity index is 2.96. The maximum atomic E-state index is 9.33. The number of rotatable bonds is 4. The van der Waals surface area contributed by atoms with Crippen molar-refractivity contribution in [3.05, 3.63) is 28.8 Å². The van der Waals surface area contributed by atoms with Gasteiger partial charge in [0.1, 0.15) is 0 Å². The van der Waals surface area contributed by atoms with Gasteiger partial charge in [0, 0.05) is 5.69 Å². The van der Waals surface area contributed by atoms with E-state index in [9.17, 15) is 5.11 Å². The van der Waals surface area contributed by atoms with E-state index in [0.29, 0.717) is 5.92 Å². The van der Waals surface area contributed by atoms with Gasteiger partial charge in [-0.25, -0.2) is 0 Å². The molecule has 0 bridgehead atoms. The molecule has 0 fully saturated rings. The van der Waals surface area contributed by atoms with Gasteiger partial charge in [0.05, 0.1) is 12.6 Å². The number of aliphatic hydroxyl groups excluding tert-OH is 1. The summed E-state index contributed by atoms with van der Waals surface area (Å²) in [6, 6.07) is 4.47. The summed E-state index contributed by atoms with van der Waals surface area (Å²) in [5.74, 6) is 0.421. The number of hydrogen-bond acceptors (Lipinski definition) is 2. The van der Waals surface area contributed by atoms with E-state index < -0.39 is 0 Å². The van der Waals surface area contributed by atoms with Crippen molar-refractivity contribution in [1.82, 2.24) is 0 Å². The van der Waals surface area contributed by atoms with E-state index in [0.717, 1.165) is 0 Å². The van der Waals surface area contributed by atoms with Crippen molar-refractivity contribution in [2.45, 2.75) is 40.7 Å². The number of nitrogens with one attached hydrogen (secondary N) is 1. The van der Waals surface area contributed by atoms with Gasteiger partial charge in [-0.3, -0.25) is 0 Å². The fourth-order valence-corrected chi connectivity index (χ4v) is 2.02. The number of hydrogen-bond donors (Lipinski definition) is 2. The Morgan fingerprint density at radius 2 is 1.62 bits per heavy atom. The fourth-order valence-electron chi connectivity index (χ4n) is 2.02. The molecule has 16 heavy (non-hydrogen) atoms. The van der Waals surface area contributed by atoms with Crippen LogP contribution in [0.15, 0.2) is 12.1 Å². The minimum Gasteiger partial charge on any atom is -0.394 e. The molecule has 2 N–H and O–H groups in total. The average Bonchev–Trinajstić information content (AvgIpc) is 2.15. The molecule has 0 aliphatic rings. The van der Waals surface area contributed by atoms with Gasteiger partial charge in [-0.05, 0) is 37.8 Å². The minimum absolute atomic E-state index is 0.125. The largest absolute Gasteiger partial charge is 0.394 e. The van der Waals surface area contributed by atoms with Crippen LogP contribution in [0.4, 0.5) is 5.69 Å². The molecule has 2 heteroatoms. The first-order chi connectivity index (χ1) is 7.45. The molecule has 1 unspecified atom stereocenters. The molecular weight excluding hydrogens is 198 g/mol. The van der Waals surface area contributed by atoms with Crippen molar-refractivity contribution in [3.63, 3.8) is 0 Å². The molecule has 1 aromatic carbocycles. The van der Waals surface area contributed by atoms with Gasteiger partial charge in [-0.1, -0.05) is 31.5 Å². The Hall–Kier alpha value is -1.02. The summed E-state index contributed by atoms with van der Waals surface area (Å²) in [5, 5.41) is 12.8. The zero-order valence-electron chi connectivity index (χ0n) is 11.0. The molecular formula is C14H23NO. The van der Waals surface area contributed by atoms with Crippen LogP contribution in [0.5, 0.6) is 0 Å². The third-order valence-electron chi connectivity index (χ3n) is 3.01. The molecule has 1 atom stereocenters. The normalized spacial score (nSPS) is 12.9. The lowest BCUT2D eigenvalue weighted by atomic mass is 10.0. The van der Waals surface area contributed by atoms with Crippen LogP contribution in [0, 0.1) is 26.7 Å². The van der Waals surface area contributed by atoms with E-state index in [4.69, 9.17) is 0 Å². The van der Waals surface area contributed by atoms with Crippen molar-refractivity contribution >= 4 is 5.69 Å². The zero-order chi connectivity index (χ0) is 12.3. The third-order valence-corrected chi connectivity index (χ3v) is 3.01. The topological polar surface area (TPSA) is 32.3 Å². The maximum absolute atomic E-state index is 9.33. The van der Waals surface area contributed by atoms with E-state index in [1.54, 1.807) is 0 Å². The van der Waals surface area contributed by atoms with E-state index in [1.165, 1.54) is 22.4 Å². The highest BCUT2D eigenvalue weighted by atomic mass is 16.3. The van der Waals surface area contributed by atoms with Gasteiger partial charge in [-0.15, -0.1) is 0 Å². The summed E-state index contributed by atoms with van der Waals surface area (Å²) in [6.07, 6.45) is 0. The summed E-state index contributed by atoms with van der Waals surface area (Å²) < 4.78 is 0. The third kappa shape index (κ3) is 2.99. The van der Waals surface area contributed by atoms with Gasteiger partial charge in [-0.2, -0.15) is 0 Å². The molecule has 0 amide bonds. The molecule has 0 saturated heterocycles. The van der Waals surface area contributed by atoms with Crippen LogP contribution < -0.4 is 5.32 Å². The Morgan fingerprint density at radius 1 is 1.12 bits per heavy atom. The van der Waals surface area contributed by atoms with Crippen LogP contribution in [0.2, 0.25) is 0 Å². The standard InChI is InChI=1S/C14H23NO/c1-9(2)13(8-16)15-14-11(4)6-10(3)7-12(14)5/h6-7,9,13,15-16H,8H2,1-5H3. The summed E-state index contributed by atoms with van der Waals surface area (Å²) in [6.45, 7) is 10.7. The first-order valence-electron chi connectivity index (χ1n) is 5.91. The van der Waals surface area contributed by atoms with Gasteiger partial charge in [0.2, 0.25) is 0 Å². The second-order valence-corrected chi connectivity index (χ2v) is 4.95. The lowest BCUT2D eigenvalue weighted by Gasteiger charge is -2.24. The molecule has 90 valence electrons. The smallest absolute Gasteiger partial charge is 0.0635 e. The van der Waals surface area contributed by atoms with Crippen molar-refractivity contribution in [2.24, 2.45) is 5.92 Å². The maximum Gasteiger partial charge on any atom is 0.0635 e. The van der Waals surface area contributed by atoms with Crippen molar-refractivity contribution in [1.29, 1.82) is 0 Å². The first-order valence-corrected chi connectivity index (χ1v) is 5.91. The fraction of sp³-hybridized carbons (Fsp3) is 0.571. The zero-order valence-corrected chi connectivity index (χ0v) is 11.0. The van der Waals surface area contributed by atoms with Gasteiger partial charge < -0.3 is 10.4 Å². The summed E-state index contributed by atoms with van der Waals surface area (Å²) in [5.41, 5.74) is 4.94. The number of aliphatic hydroxyl groups is 1. The molecule has 0 heterocycles. The summed E-state index contributed by atoms with van der Waals surface area (Å²) in [7, 11) is 0. The second kappa shape index (κ2) is 5.35. The Morgan fingerprint density at radius 3 is 2.00 bits per heavy atom. The molecule has 0 spiro atoms. The van der Waals surface area contributed by atoms with Crippen LogP contribution in [-0.4, -0.2) is 17.8 Å². The highest BCUT2D eigenvalue weighted by molar-refractivity contribution is 5.58.